The Morgan fingerprint density at radius 1 is 1.29 bits per heavy atom. The van der Waals surface area contributed by atoms with Crippen LogP contribution in [0.15, 0.2) is 12.1 Å². The van der Waals surface area contributed by atoms with Gasteiger partial charge in [-0.05, 0) is 25.0 Å². The average molecular weight is 313 g/mol. The van der Waals surface area contributed by atoms with E-state index in [-0.39, 0.29) is 17.9 Å². The Bertz CT molecular complexity index is 497. The van der Waals surface area contributed by atoms with E-state index in [1.807, 2.05) is 34.6 Å². The van der Waals surface area contributed by atoms with Crippen LogP contribution in [0.25, 0.3) is 0 Å². The molecule has 0 atom stereocenters. The van der Waals surface area contributed by atoms with Crippen LogP contribution in [0.1, 0.15) is 63.5 Å². The van der Waals surface area contributed by atoms with Gasteiger partial charge >= 0.3 is 0 Å². The highest BCUT2D eigenvalue weighted by Gasteiger charge is 2.28. The Hall–Kier alpha value is -1.13. The van der Waals surface area contributed by atoms with Crippen LogP contribution in [-0.2, 0) is 5.41 Å². The highest BCUT2D eigenvalue weighted by molar-refractivity contribution is 6.29. The monoisotopic (exact) mass is 312 g/mol. The molecule has 118 valence electrons. The number of carbonyl (C=O) groups excluding carboxylic acids is 1. The molecular formula is C16H25ClN2O2. The van der Waals surface area contributed by atoms with Crippen molar-refractivity contribution < 1.29 is 9.90 Å². The van der Waals surface area contributed by atoms with Crippen LogP contribution < -0.4 is 5.32 Å². The summed E-state index contributed by atoms with van der Waals surface area (Å²) in [6.07, 6.45) is 1.33. The van der Waals surface area contributed by atoms with Crippen molar-refractivity contribution in [3.05, 3.63) is 28.5 Å². The van der Waals surface area contributed by atoms with Crippen molar-refractivity contribution in [2.75, 3.05) is 6.61 Å². The second-order valence-electron chi connectivity index (χ2n) is 6.41. The predicted octanol–water partition coefficient (Wildman–Crippen LogP) is 3.31. The number of nitrogens with zero attached hydrogens (tertiary/aromatic N) is 1. The molecule has 1 heterocycles. The van der Waals surface area contributed by atoms with Crippen LogP contribution in [0, 0.1) is 0 Å². The summed E-state index contributed by atoms with van der Waals surface area (Å²) in [5.41, 5.74) is 0.459. The Morgan fingerprint density at radius 2 is 1.86 bits per heavy atom. The number of nitrogens with one attached hydrogen (secondary N) is 1. The highest BCUT2D eigenvalue weighted by atomic mass is 35.5. The van der Waals surface area contributed by atoms with Crippen molar-refractivity contribution >= 4 is 17.5 Å². The van der Waals surface area contributed by atoms with E-state index in [1.54, 1.807) is 12.1 Å². The van der Waals surface area contributed by atoms with E-state index >= 15 is 0 Å². The van der Waals surface area contributed by atoms with Gasteiger partial charge in [-0.25, -0.2) is 4.98 Å². The molecule has 0 bridgehead atoms. The molecule has 0 aliphatic heterocycles. The number of aliphatic hydroxyl groups is 1. The van der Waals surface area contributed by atoms with Crippen molar-refractivity contribution in [1.82, 2.24) is 10.3 Å². The maximum atomic E-state index is 12.5. The SMILES string of the molecule is CCC(CC)(CO)NC(=O)c1cc(Cl)nc(C(C)(C)C)c1. The van der Waals surface area contributed by atoms with Crippen molar-refractivity contribution in [2.24, 2.45) is 0 Å². The van der Waals surface area contributed by atoms with Gasteiger partial charge in [0.25, 0.3) is 5.91 Å². The molecule has 0 aliphatic carbocycles. The summed E-state index contributed by atoms with van der Waals surface area (Å²) < 4.78 is 0. The number of hydrogen-bond acceptors (Lipinski definition) is 3. The molecule has 21 heavy (non-hydrogen) atoms. The Labute approximate surface area is 131 Å². The van der Waals surface area contributed by atoms with Gasteiger partial charge in [0.05, 0.1) is 12.1 Å². The molecule has 4 nitrogen and oxygen atoms in total. The van der Waals surface area contributed by atoms with Gasteiger partial charge in [-0.3, -0.25) is 4.79 Å². The number of pyridine rings is 1. The summed E-state index contributed by atoms with van der Waals surface area (Å²) in [4.78, 5) is 16.7. The standard InChI is InChI=1S/C16H25ClN2O2/c1-6-16(7-2,10-20)19-14(21)11-8-12(15(3,4)5)18-13(17)9-11/h8-9,20H,6-7,10H2,1-5H3,(H,19,21). The first-order chi connectivity index (χ1) is 9.67. The number of carbonyl (C=O) groups is 1. The van der Waals surface area contributed by atoms with E-state index in [4.69, 9.17) is 11.6 Å². The molecule has 0 radical (unpaired) electrons. The van der Waals surface area contributed by atoms with Crippen LogP contribution in [0.5, 0.6) is 0 Å². The van der Waals surface area contributed by atoms with Crippen molar-refractivity contribution in [3.63, 3.8) is 0 Å². The molecular weight excluding hydrogens is 288 g/mol. The average Bonchev–Trinajstić information content (AvgIpc) is 2.43. The molecule has 2 N–H and O–H groups in total. The first kappa shape index (κ1) is 17.9. The molecule has 1 rings (SSSR count). The van der Waals surface area contributed by atoms with Crippen LogP contribution in [0.3, 0.4) is 0 Å². The lowest BCUT2D eigenvalue weighted by Gasteiger charge is -2.31. The zero-order valence-electron chi connectivity index (χ0n) is 13.5. The lowest BCUT2D eigenvalue weighted by molar-refractivity contribution is 0.0817. The van der Waals surface area contributed by atoms with Gasteiger partial charge in [0, 0.05) is 16.7 Å². The molecule has 0 aromatic carbocycles. The topological polar surface area (TPSA) is 62.2 Å². The van der Waals surface area contributed by atoms with Gasteiger partial charge in [-0.1, -0.05) is 46.2 Å². The van der Waals surface area contributed by atoms with Crippen LogP contribution in [0.2, 0.25) is 5.15 Å². The normalized spacial score (nSPS) is 12.3. The molecule has 0 aliphatic rings. The second kappa shape index (κ2) is 6.75. The largest absolute Gasteiger partial charge is 0.394 e. The summed E-state index contributed by atoms with van der Waals surface area (Å²) in [5.74, 6) is -0.234. The quantitative estimate of drug-likeness (QED) is 0.820. The van der Waals surface area contributed by atoms with Gasteiger partial charge in [0.15, 0.2) is 0 Å². The number of hydrogen-bond donors (Lipinski definition) is 2. The summed E-state index contributed by atoms with van der Waals surface area (Å²) in [5, 5.41) is 12.8. The number of halogens is 1. The second-order valence-corrected chi connectivity index (χ2v) is 6.80. The van der Waals surface area contributed by atoms with Gasteiger partial charge in [-0.2, -0.15) is 0 Å². The lowest BCUT2D eigenvalue weighted by Crippen LogP contribution is -2.50. The molecule has 0 saturated heterocycles. The maximum Gasteiger partial charge on any atom is 0.251 e. The summed E-state index contributed by atoms with van der Waals surface area (Å²) in [7, 11) is 0. The molecule has 1 aromatic heterocycles. The fraction of sp³-hybridized carbons (Fsp3) is 0.625. The zero-order valence-corrected chi connectivity index (χ0v) is 14.2. The van der Waals surface area contributed by atoms with Crippen LogP contribution >= 0.6 is 11.6 Å². The van der Waals surface area contributed by atoms with Gasteiger partial charge in [0.1, 0.15) is 5.15 Å². The van der Waals surface area contributed by atoms with Gasteiger partial charge < -0.3 is 10.4 Å². The van der Waals surface area contributed by atoms with Crippen LogP contribution in [0.4, 0.5) is 0 Å². The summed E-state index contributed by atoms with van der Waals surface area (Å²) in [6, 6.07) is 3.31. The van der Waals surface area contributed by atoms with Gasteiger partial charge in [-0.15, -0.1) is 0 Å². The molecule has 5 heteroatoms. The van der Waals surface area contributed by atoms with E-state index in [0.717, 1.165) is 5.69 Å². The third-order valence-corrected chi connectivity index (χ3v) is 4.05. The third-order valence-electron chi connectivity index (χ3n) is 3.86. The minimum Gasteiger partial charge on any atom is -0.394 e. The van der Waals surface area contributed by atoms with E-state index in [9.17, 15) is 9.90 Å². The van der Waals surface area contributed by atoms with Crippen LogP contribution in [-0.4, -0.2) is 28.1 Å². The van der Waals surface area contributed by atoms with E-state index < -0.39 is 5.54 Å². The molecule has 1 amide bonds. The van der Waals surface area contributed by atoms with E-state index in [0.29, 0.717) is 23.6 Å². The van der Waals surface area contributed by atoms with Gasteiger partial charge in [0.2, 0.25) is 0 Å². The summed E-state index contributed by atoms with van der Waals surface area (Å²) >= 11 is 6.03. The first-order valence-electron chi connectivity index (χ1n) is 7.29. The van der Waals surface area contributed by atoms with Crippen molar-refractivity contribution in [3.8, 4) is 0 Å². The smallest absolute Gasteiger partial charge is 0.251 e. The Morgan fingerprint density at radius 3 is 2.29 bits per heavy atom. The van der Waals surface area contributed by atoms with E-state index in [1.165, 1.54) is 0 Å². The Kier molecular flexibility index (Phi) is 5.76. The number of amides is 1. The number of aromatic nitrogens is 1. The van der Waals surface area contributed by atoms with E-state index in [2.05, 4.69) is 10.3 Å². The Balaban J connectivity index is 3.11. The molecule has 0 fully saturated rings. The highest BCUT2D eigenvalue weighted by Crippen LogP contribution is 2.24. The molecule has 0 unspecified atom stereocenters. The fourth-order valence-electron chi connectivity index (χ4n) is 2.02. The number of rotatable bonds is 5. The van der Waals surface area contributed by atoms with Crippen molar-refractivity contribution in [1.29, 1.82) is 0 Å². The molecule has 1 aromatic rings. The fourth-order valence-corrected chi connectivity index (χ4v) is 2.22. The lowest BCUT2D eigenvalue weighted by atomic mass is 9.90. The molecule has 0 saturated carbocycles. The third kappa shape index (κ3) is 4.42. The minimum absolute atomic E-state index is 0.0866. The number of aliphatic hydroxyl groups excluding tert-OH is 1. The maximum absolute atomic E-state index is 12.5. The van der Waals surface area contributed by atoms with Crippen molar-refractivity contribution in [2.45, 2.75) is 58.4 Å². The minimum atomic E-state index is -0.589. The predicted molar refractivity (Wildman–Crippen MR) is 85.8 cm³/mol. The molecule has 0 spiro atoms. The first-order valence-corrected chi connectivity index (χ1v) is 7.66. The summed E-state index contributed by atoms with van der Waals surface area (Å²) in [6.45, 7) is 9.85. The zero-order chi connectivity index (χ0) is 16.3.